The van der Waals surface area contributed by atoms with E-state index >= 15 is 0 Å². The van der Waals surface area contributed by atoms with E-state index < -0.39 is 9.21 Å². The number of hydrogen-bond acceptors (Lipinski definition) is 0. The van der Waals surface area contributed by atoms with Gasteiger partial charge in [0, 0.05) is 11.5 Å². The lowest BCUT2D eigenvalue weighted by Crippen LogP contribution is -1.79. The van der Waals surface area contributed by atoms with Gasteiger partial charge in [-0.05, 0) is 13.8 Å². The van der Waals surface area contributed by atoms with E-state index in [0.717, 1.165) is 0 Å². The molecule has 11 heavy (non-hydrogen) atoms. The maximum Gasteiger partial charge on any atom is 0.00442 e. The van der Waals surface area contributed by atoms with Crippen molar-refractivity contribution in [2.45, 2.75) is 27.7 Å². The van der Waals surface area contributed by atoms with Crippen LogP contribution in [0.1, 0.15) is 27.7 Å². The zero-order valence-electron chi connectivity index (χ0n) is 8.24. The lowest BCUT2D eigenvalue weighted by atomic mass is 10.2. The highest BCUT2D eigenvalue weighted by Gasteiger charge is 2.10. The Morgan fingerprint density at radius 3 is 1.36 bits per heavy atom. The lowest BCUT2D eigenvalue weighted by Gasteiger charge is -2.01. The van der Waals surface area contributed by atoms with Crippen molar-refractivity contribution in [2.24, 2.45) is 0 Å². The van der Waals surface area contributed by atoms with E-state index in [4.69, 9.17) is 0 Å². The summed E-state index contributed by atoms with van der Waals surface area (Å²) >= 11 is 0. The molecule has 0 spiro atoms. The Bertz CT molecular complexity index is 220. The fourth-order valence-electron chi connectivity index (χ4n) is 1.22. The van der Waals surface area contributed by atoms with Crippen molar-refractivity contribution in [3.05, 3.63) is 11.1 Å². The summed E-state index contributed by atoms with van der Waals surface area (Å²) in [4.78, 5) is 0. The first kappa shape index (κ1) is 10.8. The Hall–Kier alpha value is -0.170. The lowest BCUT2D eigenvalue weighted by molar-refractivity contribution is 1.29. The third-order valence-electron chi connectivity index (χ3n) is 1.77. The van der Waals surface area contributed by atoms with Crippen molar-refractivity contribution in [1.29, 1.82) is 0 Å². The molecular weight excluding hydrogens is 152 g/mol. The highest BCUT2D eigenvalue weighted by Crippen LogP contribution is 2.33. The molecule has 0 aromatic heterocycles. The zero-order chi connectivity index (χ0) is 9.07. The molecular formula is C10H20S. The van der Waals surface area contributed by atoms with Crippen LogP contribution >= 0.6 is 9.21 Å². The molecule has 0 bridgehead atoms. The van der Waals surface area contributed by atoms with Crippen molar-refractivity contribution in [2.75, 3.05) is 11.5 Å². The third-order valence-corrected chi connectivity index (χ3v) is 3.86. The van der Waals surface area contributed by atoms with Crippen LogP contribution < -0.4 is 0 Å². The minimum Gasteiger partial charge on any atom is -0.207 e. The molecule has 1 aliphatic rings. The van der Waals surface area contributed by atoms with Gasteiger partial charge >= 0.3 is 0 Å². The minimum atomic E-state index is -0.719. The second-order valence-corrected chi connectivity index (χ2v) is 6.10. The minimum absolute atomic E-state index is 0.719. The highest BCUT2D eigenvalue weighted by molar-refractivity contribution is 8.28. The summed E-state index contributed by atoms with van der Waals surface area (Å²) in [7, 11) is -0.719. The van der Waals surface area contributed by atoms with Crippen LogP contribution in [0.5, 0.6) is 0 Å². The molecule has 0 aromatic carbocycles. The van der Waals surface area contributed by atoms with Gasteiger partial charge in [-0.25, -0.2) is 9.21 Å². The Kier molecular flexibility index (Phi) is 3.95. The van der Waals surface area contributed by atoms with Gasteiger partial charge in [0.2, 0.25) is 0 Å². The van der Waals surface area contributed by atoms with Gasteiger partial charge in [0.25, 0.3) is 0 Å². The van der Waals surface area contributed by atoms with E-state index in [9.17, 15) is 0 Å². The van der Waals surface area contributed by atoms with Crippen molar-refractivity contribution >= 4 is 20.9 Å². The highest BCUT2D eigenvalue weighted by atomic mass is 32.2. The first-order chi connectivity index (χ1) is 5.01. The summed E-state index contributed by atoms with van der Waals surface area (Å²) in [5.74, 6) is 10.5. The first-order valence-corrected chi connectivity index (χ1v) is 6.42. The summed E-state index contributed by atoms with van der Waals surface area (Å²) < 4.78 is 0. The molecule has 0 radical (unpaired) electrons. The van der Waals surface area contributed by atoms with Gasteiger partial charge in [-0.3, -0.25) is 0 Å². The van der Waals surface area contributed by atoms with Crippen LogP contribution in [-0.4, -0.2) is 23.2 Å². The predicted molar refractivity (Wildman–Crippen MR) is 61.3 cm³/mol. The van der Waals surface area contributed by atoms with E-state index in [1.54, 1.807) is 0 Å². The van der Waals surface area contributed by atoms with Gasteiger partial charge in [0.15, 0.2) is 0 Å². The fourth-order valence-corrected chi connectivity index (χ4v) is 3.65. The normalized spacial score (nSPS) is 21.1. The van der Waals surface area contributed by atoms with Gasteiger partial charge in [-0.1, -0.05) is 36.7 Å². The van der Waals surface area contributed by atoms with Gasteiger partial charge in [0.05, 0.1) is 0 Å². The summed E-state index contributed by atoms with van der Waals surface area (Å²) in [6.45, 7) is 8.39. The Morgan fingerprint density at radius 2 is 1.27 bits per heavy atom. The van der Waals surface area contributed by atoms with E-state index in [1.165, 1.54) is 22.7 Å². The molecule has 0 saturated carbocycles. The molecule has 0 N–H and O–H groups in total. The SMILES string of the molecule is C=S1(=C)CC(C)=C(C)C1.CC. The quantitative estimate of drug-likeness (QED) is 0.389. The van der Waals surface area contributed by atoms with Gasteiger partial charge in [-0.15, -0.1) is 0 Å². The molecule has 0 aliphatic carbocycles. The number of hydrogen-bond donors (Lipinski definition) is 0. The molecule has 1 rings (SSSR count). The second kappa shape index (κ2) is 4.01. The molecule has 0 unspecified atom stereocenters. The van der Waals surface area contributed by atoms with E-state index in [2.05, 4.69) is 25.6 Å². The molecule has 1 heteroatoms. The van der Waals surface area contributed by atoms with Crippen LogP contribution in [0.4, 0.5) is 0 Å². The molecule has 0 aromatic rings. The van der Waals surface area contributed by atoms with Crippen LogP contribution in [-0.2, 0) is 0 Å². The van der Waals surface area contributed by atoms with Gasteiger partial charge in [0.1, 0.15) is 0 Å². The maximum absolute atomic E-state index is 4.10. The van der Waals surface area contributed by atoms with E-state index in [0.29, 0.717) is 0 Å². The van der Waals surface area contributed by atoms with Gasteiger partial charge < -0.3 is 0 Å². The Labute approximate surface area is 71.8 Å². The predicted octanol–water partition coefficient (Wildman–Crippen LogP) is 3.03. The molecule has 0 nitrogen and oxygen atoms in total. The van der Waals surface area contributed by atoms with E-state index in [-0.39, 0.29) is 0 Å². The van der Waals surface area contributed by atoms with Crippen LogP contribution in [0.15, 0.2) is 11.1 Å². The topological polar surface area (TPSA) is 0 Å². The molecule has 0 fully saturated rings. The molecule has 0 atom stereocenters. The van der Waals surface area contributed by atoms with Crippen molar-refractivity contribution in [3.63, 3.8) is 0 Å². The molecule has 0 amide bonds. The van der Waals surface area contributed by atoms with Gasteiger partial charge in [-0.2, -0.15) is 0 Å². The maximum atomic E-state index is 4.10. The monoisotopic (exact) mass is 172 g/mol. The van der Waals surface area contributed by atoms with Crippen LogP contribution in [0.25, 0.3) is 0 Å². The largest absolute Gasteiger partial charge is 0.207 e. The molecule has 0 saturated heterocycles. The van der Waals surface area contributed by atoms with Crippen LogP contribution in [0.3, 0.4) is 0 Å². The number of rotatable bonds is 0. The average Bonchev–Trinajstić information content (AvgIpc) is 2.10. The van der Waals surface area contributed by atoms with Crippen LogP contribution in [0.2, 0.25) is 0 Å². The third kappa shape index (κ3) is 3.15. The molecule has 1 heterocycles. The fraction of sp³-hybridized carbons (Fsp3) is 0.600. The van der Waals surface area contributed by atoms with E-state index in [1.807, 2.05) is 13.8 Å². The standard InChI is InChI=1S/C8H14S.C2H6/c1-7-5-9(3,4)6-8(7)2;1-2/h3-6H2,1-2H3;1-2H3. The molecule has 1 aliphatic heterocycles. The Balaban J connectivity index is 0.000000461. The first-order valence-electron chi connectivity index (χ1n) is 4.11. The summed E-state index contributed by atoms with van der Waals surface area (Å²) in [5.41, 5.74) is 3.05. The summed E-state index contributed by atoms with van der Waals surface area (Å²) in [5, 5.41) is 0. The second-order valence-electron chi connectivity index (χ2n) is 3.07. The summed E-state index contributed by atoms with van der Waals surface area (Å²) in [6, 6.07) is 0. The van der Waals surface area contributed by atoms with Crippen LogP contribution in [0, 0.1) is 0 Å². The van der Waals surface area contributed by atoms with Crippen molar-refractivity contribution in [1.82, 2.24) is 0 Å². The average molecular weight is 172 g/mol. The molecule has 66 valence electrons. The Morgan fingerprint density at radius 1 is 1.00 bits per heavy atom. The smallest absolute Gasteiger partial charge is 0.00442 e. The summed E-state index contributed by atoms with van der Waals surface area (Å²) in [6.07, 6.45) is 0. The van der Waals surface area contributed by atoms with Crippen molar-refractivity contribution < 1.29 is 0 Å². The van der Waals surface area contributed by atoms with Crippen molar-refractivity contribution in [3.8, 4) is 0 Å². The zero-order valence-corrected chi connectivity index (χ0v) is 9.05.